The average Bonchev–Trinajstić information content (AvgIpc) is 3.22. The van der Waals surface area contributed by atoms with Crippen LogP contribution in [0.2, 0.25) is 0 Å². The molecule has 13 heteroatoms. The molecular formula is C26H32FN7O5. The van der Waals surface area contributed by atoms with Gasteiger partial charge in [-0.2, -0.15) is 0 Å². The van der Waals surface area contributed by atoms with Gasteiger partial charge in [-0.15, -0.1) is 0 Å². The van der Waals surface area contributed by atoms with E-state index >= 15 is 0 Å². The fourth-order valence-corrected chi connectivity index (χ4v) is 4.31. The van der Waals surface area contributed by atoms with Gasteiger partial charge in [-0.3, -0.25) is 14.4 Å². The highest BCUT2D eigenvalue weighted by molar-refractivity contribution is 6.25. The summed E-state index contributed by atoms with van der Waals surface area (Å²) in [6.07, 6.45) is 2.02. The molecule has 208 valence electrons. The van der Waals surface area contributed by atoms with Crippen LogP contribution in [0.1, 0.15) is 46.0 Å². The van der Waals surface area contributed by atoms with Gasteiger partial charge in [-0.25, -0.2) is 14.4 Å². The number of aliphatic hydroxyl groups is 1. The first-order valence-corrected chi connectivity index (χ1v) is 12.5. The van der Waals surface area contributed by atoms with Crippen LogP contribution >= 0.6 is 0 Å². The Kier molecular flexibility index (Phi) is 8.11. The minimum atomic E-state index is -1.64. The molecule has 4 rings (SSSR count). The molecule has 3 heterocycles. The number of morpholine rings is 1. The number of carbonyl (C=O) groups excluding carboxylic acids is 3. The number of fused-ring (bicyclic) bond motifs is 1. The number of nitrogens with one attached hydrogen (secondary N) is 2. The second-order valence-corrected chi connectivity index (χ2v) is 9.84. The van der Waals surface area contributed by atoms with E-state index in [1.54, 1.807) is 12.1 Å². The first kappa shape index (κ1) is 27.9. The molecule has 1 aromatic heterocycles. The van der Waals surface area contributed by atoms with E-state index in [0.29, 0.717) is 48.8 Å². The highest BCUT2D eigenvalue weighted by atomic mass is 19.1. The minimum Gasteiger partial charge on any atom is -0.404 e. The maximum absolute atomic E-state index is 14.6. The molecule has 0 unspecified atom stereocenters. The number of halogens is 1. The van der Waals surface area contributed by atoms with Crippen LogP contribution in [0.25, 0.3) is 5.57 Å². The summed E-state index contributed by atoms with van der Waals surface area (Å²) < 4.78 is 20.0. The van der Waals surface area contributed by atoms with Gasteiger partial charge in [0.05, 0.1) is 47.9 Å². The largest absolute Gasteiger partial charge is 0.404 e. The number of amides is 3. The first-order chi connectivity index (χ1) is 18.5. The molecule has 1 aromatic carbocycles. The number of anilines is 2. The molecule has 2 aliphatic heterocycles. The Bertz CT molecular complexity index is 1290. The van der Waals surface area contributed by atoms with Gasteiger partial charge in [0, 0.05) is 50.8 Å². The Hall–Kier alpha value is -4.10. The van der Waals surface area contributed by atoms with E-state index in [4.69, 9.17) is 10.5 Å². The van der Waals surface area contributed by atoms with E-state index in [9.17, 15) is 23.9 Å². The lowest BCUT2D eigenvalue weighted by molar-refractivity contribution is -0.111. The van der Waals surface area contributed by atoms with Gasteiger partial charge in [0.2, 0.25) is 0 Å². The van der Waals surface area contributed by atoms with Crippen molar-refractivity contribution >= 4 is 34.7 Å². The molecule has 1 saturated heterocycles. The maximum Gasteiger partial charge on any atom is 0.261 e. The van der Waals surface area contributed by atoms with Crippen LogP contribution in [0.4, 0.5) is 15.8 Å². The highest BCUT2D eigenvalue weighted by Gasteiger charge is 2.36. The van der Waals surface area contributed by atoms with Crippen LogP contribution in [0.3, 0.4) is 0 Å². The zero-order valence-electron chi connectivity index (χ0n) is 22.0. The van der Waals surface area contributed by atoms with Crippen molar-refractivity contribution in [2.45, 2.75) is 32.2 Å². The van der Waals surface area contributed by atoms with Gasteiger partial charge in [0.1, 0.15) is 6.17 Å². The van der Waals surface area contributed by atoms with Crippen molar-refractivity contribution in [1.82, 2.24) is 20.2 Å². The number of aromatic nitrogens is 2. The summed E-state index contributed by atoms with van der Waals surface area (Å²) in [7, 11) is 1.48. The normalized spacial score (nSPS) is 16.6. The molecule has 1 fully saturated rings. The van der Waals surface area contributed by atoms with Gasteiger partial charge < -0.3 is 36.0 Å². The van der Waals surface area contributed by atoms with Crippen molar-refractivity contribution in [2.24, 2.45) is 5.73 Å². The van der Waals surface area contributed by atoms with Gasteiger partial charge in [-0.05, 0) is 31.5 Å². The van der Waals surface area contributed by atoms with Crippen molar-refractivity contribution in [3.63, 3.8) is 0 Å². The zero-order valence-corrected chi connectivity index (χ0v) is 22.0. The molecule has 2 aromatic rings. The predicted molar refractivity (Wildman–Crippen MR) is 142 cm³/mol. The average molecular weight is 542 g/mol. The van der Waals surface area contributed by atoms with Crippen LogP contribution in [0.5, 0.6) is 0 Å². The Labute approximate surface area is 225 Å². The lowest BCUT2D eigenvalue weighted by Gasteiger charge is -2.31. The number of hydrogen-bond donors (Lipinski definition) is 4. The smallest absolute Gasteiger partial charge is 0.261 e. The number of nitrogens with zero attached hydrogens (tertiary/aromatic N) is 4. The Morgan fingerprint density at radius 1 is 1.26 bits per heavy atom. The monoisotopic (exact) mass is 541 g/mol. The molecule has 0 spiro atoms. The number of hydrogen-bond acceptors (Lipinski definition) is 9. The van der Waals surface area contributed by atoms with Crippen molar-refractivity contribution in [3.05, 3.63) is 53.2 Å². The third kappa shape index (κ3) is 5.99. The molecule has 0 bridgehead atoms. The van der Waals surface area contributed by atoms with E-state index in [2.05, 4.69) is 20.6 Å². The van der Waals surface area contributed by atoms with Crippen LogP contribution < -0.4 is 21.3 Å². The van der Waals surface area contributed by atoms with Gasteiger partial charge in [0.15, 0.2) is 5.82 Å². The third-order valence-electron chi connectivity index (χ3n) is 6.64. The molecular weight excluding hydrogens is 509 g/mol. The molecule has 5 N–H and O–H groups in total. The second-order valence-electron chi connectivity index (χ2n) is 9.84. The van der Waals surface area contributed by atoms with Crippen molar-refractivity contribution in [1.29, 1.82) is 0 Å². The minimum absolute atomic E-state index is 0.0185. The van der Waals surface area contributed by atoms with Crippen LogP contribution in [-0.4, -0.2) is 89.4 Å². The summed E-state index contributed by atoms with van der Waals surface area (Å²) in [5.74, 6) is -1.29. The van der Waals surface area contributed by atoms with E-state index in [1.807, 2.05) is 4.90 Å². The summed E-state index contributed by atoms with van der Waals surface area (Å²) in [4.78, 5) is 49.8. The van der Waals surface area contributed by atoms with E-state index in [1.165, 1.54) is 38.2 Å². The zero-order chi connectivity index (χ0) is 28.3. The molecule has 0 saturated carbocycles. The quantitative estimate of drug-likeness (QED) is 0.352. The number of benzene rings is 1. The van der Waals surface area contributed by atoms with E-state index < -0.39 is 17.7 Å². The molecule has 2 aliphatic rings. The van der Waals surface area contributed by atoms with E-state index in [-0.39, 0.29) is 41.9 Å². The molecule has 39 heavy (non-hydrogen) atoms. The maximum atomic E-state index is 14.6. The number of nitrogens with two attached hydrogens (primary N) is 1. The van der Waals surface area contributed by atoms with Crippen LogP contribution in [0.15, 0.2) is 30.7 Å². The number of rotatable bonds is 8. The van der Waals surface area contributed by atoms with Crippen molar-refractivity contribution in [2.75, 3.05) is 50.1 Å². The summed E-state index contributed by atoms with van der Waals surface area (Å²) >= 11 is 0. The third-order valence-corrected chi connectivity index (χ3v) is 6.64. The first-order valence-electron chi connectivity index (χ1n) is 12.5. The molecule has 0 aliphatic carbocycles. The number of carbonyl (C=O) groups is 3. The van der Waals surface area contributed by atoms with Gasteiger partial charge in [-0.1, -0.05) is 0 Å². The Balaban J connectivity index is 1.63. The van der Waals surface area contributed by atoms with Gasteiger partial charge >= 0.3 is 0 Å². The fraction of sp³-hybridized carbons (Fsp3) is 0.423. The Morgan fingerprint density at radius 3 is 2.51 bits per heavy atom. The number of alkyl halides is 1. The lowest BCUT2D eigenvalue weighted by Crippen LogP contribution is -2.42. The molecule has 3 amide bonds. The summed E-state index contributed by atoms with van der Waals surface area (Å²) in [6, 6.07) is 3.38. The van der Waals surface area contributed by atoms with Crippen molar-refractivity contribution < 1.29 is 28.6 Å². The SMILES string of the molecule is CNC(=O)c1cnc(C(=CN)C(=O)Nc2cc3c(cc2N2CCOCC2)C(=O)N(C[C@@H](F)C(C)(C)O)C3)nc1. The second kappa shape index (κ2) is 11.3. The van der Waals surface area contributed by atoms with Gasteiger partial charge in [0.25, 0.3) is 17.7 Å². The van der Waals surface area contributed by atoms with Crippen molar-refractivity contribution in [3.8, 4) is 0 Å². The molecule has 1 atom stereocenters. The summed E-state index contributed by atoms with van der Waals surface area (Å²) in [6.45, 7) is 4.58. The molecule has 0 radical (unpaired) electrons. The summed E-state index contributed by atoms with van der Waals surface area (Å²) in [5, 5.41) is 15.3. The fourth-order valence-electron chi connectivity index (χ4n) is 4.31. The Morgan fingerprint density at radius 2 is 1.92 bits per heavy atom. The molecule has 12 nitrogen and oxygen atoms in total. The summed E-state index contributed by atoms with van der Waals surface area (Å²) in [5.41, 5.74) is 6.41. The topological polar surface area (TPSA) is 163 Å². The predicted octanol–water partition coefficient (Wildman–Crippen LogP) is 0.676. The number of ether oxygens (including phenoxy) is 1. The van der Waals surface area contributed by atoms with Crippen LogP contribution in [-0.2, 0) is 16.1 Å². The standard InChI is InChI=1S/C26H32FN7O5/c1-26(2,38)21(27)14-34-13-15-8-19(20(9-17(15)25(34)37)33-4-6-39-7-5-33)32-24(36)18(10-28)22-30-11-16(12-31-22)23(35)29-3/h8-12,21,38H,4-7,13-14,28H2,1-3H3,(H,29,35)(H,32,36)/t21-/m1/s1. The van der Waals surface area contributed by atoms with Crippen LogP contribution in [0, 0.1) is 0 Å². The lowest BCUT2D eigenvalue weighted by atomic mass is 10.0. The van der Waals surface area contributed by atoms with E-state index in [0.717, 1.165) is 6.20 Å². The highest BCUT2D eigenvalue weighted by Crippen LogP contribution is 2.36.